The molecule has 0 aromatic rings. The zero-order valence-corrected chi connectivity index (χ0v) is 8.04. The van der Waals surface area contributed by atoms with Crippen LogP contribution in [0.5, 0.6) is 0 Å². The van der Waals surface area contributed by atoms with E-state index in [1.807, 2.05) is 0 Å². The average molecular weight is 262 g/mol. The molecule has 0 bridgehead atoms. The van der Waals surface area contributed by atoms with E-state index >= 15 is 0 Å². The van der Waals surface area contributed by atoms with Gasteiger partial charge in [0.15, 0.2) is 0 Å². The normalized spacial score (nSPS) is 1.40. The Hall–Kier alpha value is 2.25. The molecule has 0 radical (unpaired) electrons. The minimum absolute atomic E-state index is 0. The fourth-order valence-electron chi connectivity index (χ4n) is 0. The molecule has 0 fully saturated rings. The molecule has 0 heterocycles. The monoisotopic (exact) mass is 260 g/mol. The van der Waals surface area contributed by atoms with Gasteiger partial charge in [-0.3, -0.25) is 0 Å². The van der Waals surface area contributed by atoms with Crippen molar-refractivity contribution in [2.45, 2.75) is 2.44 Å². The Morgan fingerprint density at radius 2 is 0.800 bits per heavy atom. The van der Waals surface area contributed by atoms with Crippen molar-refractivity contribution in [3.63, 3.8) is 0 Å². The molecule has 0 aliphatic rings. The summed E-state index contributed by atoms with van der Waals surface area (Å²) < 4.78 is 2.14. The number of halogens is 3. The van der Waals surface area contributed by atoms with Gasteiger partial charge < -0.3 is 37.2 Å². The molecule has 0 aromatic carbocycles. The van der Waals surface area contributed by atoms with Crippen LogP contribution in [0.3, 0.4) is 0 Å². The Morgan fingerprint density at radius 3 is 0.800 bits per heavy atom. The van der Waals surface area contributed by atoms with Gasteiger partial charge in [0.25, 0.3) is 0 Å². The zero-order chi connectivity index (χ0) is 2.00. The molecule has 5 heavy (non-hydrogen) atoms. The molecule has 32 valence electrons. The molecule has 0 rings (SSSR count). The van der Waals surface area contributed by atoms with E-state index in [-0.39, 0.29) is 37.2 Å². The van der Waals surface area contributed by atoms with Gasteiger partial charge >= 0.3 is 42.1 Å². The molecular weight excluding hydrogens is 258 g/mol. The molecular formula is CH3CeCl3. The maximum atomic E-state index is 2.14. The standard InChI is InChI=1S/CH3.Ce.3ClH/h1H3;;3*1H/q;+3;;;/p-3. The van der Waals surface area contributed by atoms with Crippen molar-refractivity contribution in [2.75, 3.05) is 0 Å². The average Bonchev–Trinajstić information content (AvgIpc) is 1.00. The third-order valence-corrected chi connectivity index (χ3v) is 0. The van der Waals surface area contributed by atoms with Crippen molar-refractivity contribution in [3.05, 3.63) is 0 Å². The van der Waals surface area contributed by atoms with E-state index in [0.717, 1.165) is 0 Å². The Balaban J connectivity index is -0.00000000167. The summed E-state index contributed by atoms with van der Waals surface area (Å²) in [5.41, 5.74) is 0. The summed E-state index contributed by atoms with van der Waals surface area (Å²) in [6.07, 6.45) is 0. The zero-order valence-electron chi connectivity index (χ0n) is 2.63. The van der Waals surface area contributed by atoms with Crippen LogP contribution in [-0.2, 0) is 0 Å². The van der Waals surface area contributed by atoms with Crippen LogP contribution >= 0.6 is 0 Å². The minimum atomic E-state index is 0. The molecule has 0 atom stereocenters. The first-order valence-electron chi connectivity index (χ1n) is 0.500. The van der Waals surface area contributed by atoms with Crippen molar-refractivity contribution in [1.29, 1.82) is 0 Å². The second-order valence-electron chi connectivity index (χ2n) is 0. The van der Waals surface area contributed by atoms with Gasteiger partial charge in [-0.15, -0.1) is 0 Å². The van der Waals surface area contributed by atoms with Crippen molar-refractivity contribution >= 4 is 0 Å². The summed E-state index contributed by atoms with van der Waals surface area (Å²) in [7, 11) is 0. The van der Waals surface area contributed by atoms with Crippen molar-refractivity contribution in [3.8, 4) is 0 Å². The molecule has 0 saturated carbocycles. The van der Waals surface area contributed by atoms with Gasteiger partial charge in [-0.1, -0.05) is 0 Å². The maximum absolute atomic E-state index is 2.14. The van der Waals surface area contributed by atoms with Gasteiger partial charge in [0.2, 0.25) is 0 Å². The summed E-state index contributed by atoms with van der Waals surface area (Å²) in [5, 5.41) is 0. The smallest absolute Gasteiger partial charge is 1.00 e. The molecule has 0 aliphatic carbocycles. The van der Waals surface area contributed by atoms with E-state index in [1.165, 1.54) is 39.6 Å². The van der Waals surface area contributed by atoms with Crippen LogP contribution in [0.25, 0.3) is 0 Å². The molecule has 0 unspecified atom stereocenters. The van der Waals surface area contributed by atoms with E-state index in [0.29, 0.717) is 0 Å². The van der Waals surface area contributed by atoms with Gasteiger partial charge in [0, 0.05) is 0 Å². The quantitative estimate of drug-likeness (QED) is 0.406. The van der Waals surface area contributed by atoms with E-state index in [2.05, 4.69) is 2.44 Å². The molecule has 0 aliphatic heterocycles. The maximum Gasteiger partial charge on any atom is -1.00 e. The van der Waals surface area contributed by atoms with Gasteiger partial charge in [-0.25, -0.2) is 0 Å². The molecule has 0 nitrogen and oxygen atoms in total. The topological polar surface area (TPSA) is 0 Å². The largest absolute Gasteiger partial charge is 1.00 e. The van der Waals surface area contributed by atoms with Crippen molar-refractivity contribution in [1.82, 2.24) is 0 Å². The van der Waals surface area contributed by atoms with Crippen LogP contribution in [0.4, 0.5) is 0 Å². The molecule has 0 saturated heterocycles. The SMILES string of the molecule is [CH3][Ce+3].[Cl-].[Cl-].[Cl-]. The van der Waals surface area contributed by atoms with Crippen molar-refractivity contribution in [2.24, 2.45) is 0 Å². The summed E-state index contributed by atoms with van der Waals surface area (Å²) in [6.45, 7) is 0. The number of hydrogen-bond acceptors (Lipinski definition) is 0. The Kier molecular flexibility index (Phi) is 183. The first-order chi connectivity index (χ1) is 1.00. The van der Waals surface area contributed by atoms with Crippen LogP contribution in [0.15, 0.2) is 0 Å². The fraction of sp³-hybridized carbons (Fsp3) is 1.00. The minimum Gasteiger partial charge on any atom is -1.00 e. The predicted octanol–water partition coefficient (Wildman–Crippen LogP) is -8.40. The van der Waals surface area contributed by atoms with E-state index in [4.69, 9.17) is 0 Å². The first kappa shape index (κ1) is 26.8. The van der Waals surface area contributed by atoms with Crippen molar-refractivity contribution < 1.29 is 76.9 Å². The molecule has 0 spiro atoms. The summed E-state index contributed by atoms with van der Waals surface area (Å²) in [5.74, 6) is 0. The predicted molar refractivity (Wildman–Crippen MR) is 5.86 cm³/mol. The third kappa shape index (κ3) is 22.3. The second kappa shape index (κ2) is 34.1. The summed E-state index contributed by atoms with van der Waals surface area (Å²) in [4.78, 5) is 0. The third-order valence-electron chi connectivity index (χ3n) is 0. The Morgan fingerprint density at radius 1 is 0.800 bits per heavy atom. The summed E-state index contributed by atoms with van der Waals surface area (Å²) in [6, 6.07) is 0. The summed E-state index contributed by atoms with van der Waals surface area (Å²) >= 11 is 1.31. The van der Waals surface area contributed by atoms with Gasteiger partial charge in [-0.2, -0.15) is 0 Å². The van der Waals surface area contributed by atoms with E-state index in [9.17, 15) is 0 Å². The first-order valence-corrected chi connectivity index (χ1v) is 3.64. The van der Waals surface area contributed by atoms with Crippen LogP contribution < -0.4 is 37.2 Å². The van der Waals surface area contributed by atoms with Crippen LogP contribution in [0.1, 0.15) is 0 Å². The Labute approximate surface area is 78.0 Å². The van der Waals surface area contributed by atoms with E-state index < -0.39 is 0 Å². The van der Waals surface area contributed by atoms with Crippen LogP contribution in [0, 0.1) is 39.6 Å². The number of hydrogen-bond donors (Lipinski definition) is 0. The molecule has 0 aromatic heterocycles. The Bertz CT molecular complexity index is 6.85. The number of rotatable bonds is 0. The van der Waals surface area contributed by atoms with E-state index in [1.54, 1.807) is 0 Å². The van der Waals surface area contributed by atoms with Gasteiger partial charge in [0.1, 0.15) is 0 Å². The van der Waals surface area contributed by atoms with Crippen LogP contribution in [0.2, 0.25) is 2.44 Å². The second-order valence-corrected chi connectivity index (χ2v) is 0. The fourth-order valence-corrected chi connectivity index (χ4v) is 0. The van der Waals surface area contributed by atoms with Gasteiger partial charge in [-0.05, 0) is 0 Å². The molecule has 0 amide bonds. The van der Waals surface area contributed by atoms with Crippen LogP contribution in [-0.4, -0.2) is 0 Å². The van der Waals surface area contributed by atoms with Gasteiger partial charge in [0.05, 0.1) is 0 Å². The molecule has 0 N–H and O–H groups in total. The molecule has 4 heteroatoms.